The van der Waals surface area contributed by atoms with Crippen LogP contribution < -0.4 is 5.32 Å². The third-order valence-corrected chi connectivity index (χ3v) is 5.07. The maximum absolute atomic E-state index is 13.0. The second-order valence-corrected chi connectivity index (χ2v) is 7.02. The number of hydrogen-bond donors (Lipinski definition) is 2. The molecule has 0 unspecified atom stereocenters. The number of rotatable bonds is 3. The van der Waals surface area contributed by atoms with Crippen molar-refractivity contribution in [3.8, 4) is 0 Å². The number of hydrogen-bond acceptors (Lipinski definition) is 3. The van der Waals surface area contributed by atoms with Crippen LogP contribution in [0.5, 0.6) is 0 Å². The predicted octanol–water partition coefficient (Wildman–Crippen LogP) is 1.84. The van der Waals surface area contributed by atoms with E-state index in [-0.39, 0.29) is 17.9 Å². The van der Waals surface area contributed by atoms with Crippen LogP contribution in [-0.4, -0.2) is 44.1 Å². The Morgan fingerprint density at radius 2 is 2.04 bits per heavy atom. The molecule has 1 aliphatic carbocycles. The fraction of sp³-hybridized carbons (Fsp3) is 0.316. The van der Waals surface area contributed by atoms with E-state index in [2.05, 4.69) is 15.4 Å². The van der Waals surface area contributed by atoms with Crippen molar-refractivity contribution in [2.24, 2.45) is 0 Å². The number of carbonyl (C=O) groups is 2. The summed E-state index contributed by atoms with van der Waals surface area (Å²) in [7, 11) is 0. The lowest BCUT2D eigenvalue weighted by Crippen LogP contribution is -2.47. The zero-order valence-electron chi connectivity index (χ0n) is 14.2. The number of nitrogens with zero attached hydrogens (tertiary/aromatic N) is 3. The predicted molar refractivity (Wildman–Crippen MR) is 95.5 cm³/mol. The van der Waals surface area contributed by atoms with Gasteiger partial charge in [-0.2, -0.15) is 5.10 Å². The molecule has 7 nitrogen and oxygen atoms in total. The summed E-state index contributed by atoms with van der Waals surface area (Å²) in [6.07, 6.45) is 3.74. The summed E-state index contributed by atoms with van der Waals surface area (Å²) in [5, 5.41) is 8.33. The number of H-pyrrole nitrogens is 1. The zero-order valence-corrected chi connectivity index (χ0v) is 14.2. The van der Waals surface area contributed by atoms with Crippen LogP contribution in [0.25, 0.3) is 10.9 Å². The van der Waals surface area contributed by atoms with Gasteiger partial charge >= 0.3 is 0 Å². The van der Waals surface area contributed by atoms with Crippen molar-refractivity contribution < 1.29 is 9.59 Å². The van der Waals surface area contributed by atoms with Gasteiger partial charge in [0, 0.05) is 23.1 Å². The van der Waals surface area contributed by atoms with Crippen LogP contribution in [0.15, 0.2) is 42.6 Å². The van der Waals surface area contributed by atoms with Gasteiger partial charge in [-0.1, -0.05) is 18.2 Å². The molecule has 2 aliphatic rings. The van der Waals surface area contributed by atoms with Gasteiger partial charge in [0.25, 0.3) is 5.91 Å². The van der Waals surface area contributed by atoms with Gasteiger partial charge in [-0.25, -0.2) is 0 Å². The van der Waals surface area contributed by atoms with Gasteiger partial charge in [-0.3, -0.25) is 14.3 Å². The van der Waals surface area contributed by atoms with E-state index in [1.54, 1.807) is 15.8 Å². The molecular formula is C19H19N5O2. The molecule has 26 heavy (non-hydrogen) atoms. The average molecular weight is 349 g/mol. The number of aromatic nitrogens is 3. The molecule has 7 heteroatoms. The summed E-state index contributed by atoms with van der Waals surface area (Å²) >= 11 is 0. The molecule has 5 rings (SSSR count). The van der Waals surface area contributed by atoms with Gasteiger partial charge in [0.05, 0.1) is 18.8 Å². The largest absolute Gasteiger partial charge is 0.351 e. The molecule has 132 valence electrons. The van der Waals surface area contributed by atoms with E-state index in [1.807, 2.05) is 36.4 Å². The quantitative estimate of drug-likeness (QED) is 0.757. The van der Waals surface area contributed by atoms with Crippen LogP contribution in [0.4, 0.5) is 0 Å². The first kappa shape index (κ1) is 15.2. The van der Waals surface area contributed by atoms with Gasteiger partial charge in [-0.15, -0.1) is 0 Å². The Morgan fingerprint density at radius 3 is 2.85 bits per heavy atom. The van der Waals surface area contributed by atoms with Crippen LogP contribution in [-0.2, 0) is 11.3 Å². The number of benzene rings is 1. The molecule has 0 radical (unpaired) electrons. The van der Waals surface area contributed by atoms with Gasteiger partial charge in [0.2, 0.25) is 5.91 Å². The van der Waals surface area contributed by atoms with E-state index in [0.29, 0.717) is 18.8 Å². The van der Waals surface area contributed by atoms with Crippen molar-refractivity contribution in [1.82, 2.24) is 25.0 Å². The molecule has 0 saturated heterocycles. The fourth-order valence-corrected chi connectivity index (χ4v) is 3.53. The lowest BCUT2D eigenvalue weighted by atomic mass is 10.1. The molecule has 0 spiro atoms. The molecule has 3 aromatic rings. The first-order valence-electron chi connectivity index (χ1n) is 8.89. The van der Waals surface area contributed by atoms with Gasteiger partial charge < -0.3 is 15.2 Å². The molecule has 1 saturated carbocycles. The Hall–Kier alpha value is -3.09. The van der Waals surface area contributed by atoms with E-state index in [1.165, 1.54) is 0 Å². The van der Waals surface area contributed by atoms with Crippen LogP contribution in [0.2, 0.25) is 0 Å². The minimum absolute atomic E-state index is 0.0633. The molecule has 2 amide bonds. The lowest BCUT2D eigenvalue weighted by molar-refractivity contribution is -0.125. The summed E-state index contributed by atoms with van der Waals surface area (Å²) < 4.78 is 1.74. The minimum Gasteiger partial charge on any atom is -0.351 e. The summed E-state index contributed by atoms with van der Waals surface area (Å²) in [5.74, 6) is -0.163. The molecule has 1 aliphatic heterocycles. The van der Waals surface area contributed by atoms with Crippen LogP contribution in [0, 0.1) is 0 Å². The molecule has 2 aromatic heterocycles. The summed E-state index contributed by atoms with van der Waals surface area (Å²) in [5.41, 5.74) is 2.35. The van der Waals surface area contributed by atoms with E-state index >= 15 is 0 Å². The standard InChI is InChI=1S/C19H19N5O2/c25-18(21-13-5-6-13)17-11-23(10-14-7-8-20-24(14)17)19(26)16-9-12-3-1-2-4-15(12)22-16/h1-4,7-9,13,17,22H,5-6,10-11H2,(H,21,25)/t17-/m1/s1. The second-order valence-electron chi connectivity index (χ2n) is 7.02. The Balaban J connectivity index is 1.43. The minimum atomic E-state index is -0.484. The van der Waals surface area contributed by atoms with E-state index in [4.69, 9.17) is 0 Å². The Bertz CT molecular complexity index is 967. The Labute approximate surface area is 150 Å². The molecule has 0 bridgehead atoms. The van der Waals surface area contributed by atoms with Crippen LogP contribution in [0.3, 0.4) is 0 Å². The first-order chi connectivity index (χ1) is 12.7. The highest BCUT2D eigenvalue weighted by Gasteiger charge is 2.36. The topological polar surface area (TPSA) is 83.0 Å². The Morgan fingerprint density at radius 1 is 1.19 bits per heavy atom. The van der Waals surface area contributed by atoms with Crippen molar-refractivity contribution in [1.29, 1.82) is 0 Å². The molecule has 1 atom stereocenters. The highest BCUT2D eigenvalue weighted by atomic mass is 16.2. The van der Waals surface area contributed by atoms with Gasteiger partial charge in [0.1, 0.15) is 11.7 Å². The number of amides is 2. The zero-order chi connectivity index (χ0) is 17.7. The summed E-state index contributed by atoms with van der Waals surface area (Å²) in [6.45, 7) is 0.767. The number of carbonyl (C=O) groups excluding carboxylic acids is 2. The molecule has 2 N–H and O–H groups in total. The number of fused-ring (bicyclic) bond motifs is 2. The molecular weight excluding hydrogens is 330 g/mol. The Kier molecular flexibility index (Phi) is 3.34. The van der Waals surface area contributed by atoms with E-state index in [0.717, 1.165) is 29.4 Å². The van der Waals surface area contributed by atoms with Crippen molar-refractivity contribution in [3.05, 3.63) is 54.0 Å². The van der Waals surface area contributed by atoms with Crippen LogP contribution >= 0.6 is 0 Å². The van der Waals surface area contributed by atoms with Crippen molar-refractivity contribution in [3.63, 3.8) is 0 Å². The molecule has 1 aromatic carbocycles. The smallest absolute Gasteiger partial charge is 0.270 e. The highest BCUT2D eigenvalue weighted by Crippen LogP contribution is 2.25. The van der Waals surface area contributed by atoms with Crippen LogP contribution in [0.1, 0.15) is 35.1 Å². The van der Waals surface area contributed by atoms with Crippen molar-refractivity contribution in [2.45, 2.75) is 31.5 Å². The fourth-order valence-electron chi connectivity index (χ4n) is 3.53. The average Bonchev–Trinajstić information content (AvgIpc) is 3.18. The number of nitrogens with one attached hydrogen (secondary N) is 2. The van der Waals surface area contributed by atoms with Crippen molar-refractivity contribution in [2.75, 3.05) is 6.54 Å². The van der Waals surface area contributed by atoms with Crippen molar-refractivity contribution >= 4 is 22.7 Å². The van der Waals surface area contributed by atoms with E-state index < -0.39 is 6.04 Å². The first-order valence-corrected chi connectivity index (χ1v) is 8.89. The summed E-state index contributed by atoms with van der Waals surface area (Å²) in [6, 6.07) is 11.3. The third kappa shape index (κ3) is 2.56. The SMILES string of the molecule is O=C(NC1CC1)[C@H]1CN(C(=O)c2cc3ccccc3[nH]2)Cc2ccnn21. The van der Waals surface area contributed by atoms with Gasteiger partial charge in [-0.05, 0) is 31.0 Å². The number of aromatic amines is 1. The molecule has 1 fully saturated rings. The highest BCUT2D eigenvalue weighted by molar-refractivity contribution is 5.98. The monoisotopic (exact) mass is 349 g/mol. The normalized spacial score (nSPS) is 19.4. The molecule has 3 heterocycles. The van der Waals surface area contributed by atoms with Gasteiger partial charge in [0.15, 0.2) is 0 Å². The maximum Gasteiger partial charge on any atom is 0.270 e. The lowest BCUT2D eigenvalue weighted by Gasteiger charge is -2.33. The number of para-hydroxylation sites is 1. The second kappa shape index (κ2) is 5.72. The maximum atomic E-state index is 13.0. The third-order valence-electron chi connectivity index (χ3n) is 5.07. The van der Waals surface area contributed by atoms with E-state index in [9.17, 15) is 9.59 Å². The summed E-state index contributed by atoms with van der Waals surface area (Å²) in [4.78, 5) is 30.6.